The van der Waals surface area contributed by atoms with Gasteiger partial charge < -0.3 is 9.73 Å². The summed E-state index contributed by atoms with van der Waals surface area (Å²) in [7, 11) is -3.70. The van der Waals surface area contributed by atoms with E-state index in [0.717, 1.165) is 17.1 Å². The minimum atomic E-state index is -3.70. The Labute approximate surface area is 125 Å². The predicted octanol–water partition coefficient (Wildman–Crippen LogP) is 1.00. The van der Waals surface area contributed by atoms with Gasteiger partial charge in [0.1, 0.15) is 5.76 Å². The number of aromatic nitrogens is 2. The van der Waals surface area contributed by atoms with Gasteiger partial charge in [-0.15, -0.1) is 10.2 Å². The van der Waals surface area contributed by atoms with Crippen molar-refractivity contribution in [1.82, 2.24) is 14.9 Å². The van der Waals surface area contributed by atoms with E-state index >= 15 is 0 Å². The normalized spacial score (nSPS) is 11.5. The number of nitrogens with one attached hydrogen (secondary N) is 2. The fraction of sp³-hybridized carbons (Fsp3) is 0.364. The molecule has 2 rings (SSSR count). The van der Waals surface area contributed by atoms with Crippen LogP contribution in [0.1, 0.15) is 19.1 Å². The second kappa shape index (κ2) is 6.78. The summed E-state index contributed by atoms with van der Waals surface area (Å²) in [5, 5.41) is 9.68. The zero-order chi connectivity index (χ0) is 15.3. The summed E-state index contributed by atoms with van der Waals surface area (Å²) in [5.41, 5.74) is 0. The van der Waals surface area contributed by atoms with E-state index in [-0.39, 0.29) is 21.9 Å². The predicted molar refractivity (Wildman–Crippen MR) is 76.4 cm³/mol. The van der Waals surface area contributed by atoms with E-state index in [9.17, 15) is 13.2 Å². The van der Waals surface area contributed by atoms with Gasteiger partial charge in [0.15, 0.2) is 0 Å². The van der Waals surface area contributed by atoms with Crippen LogP contribution in [-0.2, 0) is 21.2 Å². The van der Waals surface area contributed by atoms with E-state index in [1.165, 1.54) is 6.92 Å². The summed E-state index contributed by atoms with van der Waals surface area (Å²) in [4.78, 5) is 10.8. The van der Waals surface area contributed by atoms with Crippen molar-refractivity contribution in [3.05, 3.63) is 24.2 Å². The second-order valence-corrected chi connectivity index (χ2v) is 7.05. The molecule has 2 aromatic heterocycles. The summed E-state index contributed by atoms with van der Waals surface area (Å²) >= 11 is 0.801. The SMILES string of the molecule is CC(=O)Nc1nnc(S(=O)(=O)NCCCc2ccco2)s1. The van der Waals surface area contributed by atoms with Gasteiger partial charge in [-0.05, 0) is 18.6 Å². The molecular formula is C11H14N4O4S2. The summed E-state index contributed by atoms with van der Waals surface area (Å²) < 4.78 is 31.3. The van der Waals surface area contributed by atoms with Crippen molar-refractivity contribution in [1.29, 1.82) is 0 Å². The third-order valence-electron chi connectivity index (χ3n) is 2.39. The number of sulfonamides is 1. The highest BCUT2D eigenvalue weighted by molar-refractivity contribution is 7.91. The second-order valence-electron chi connectivity index (χ2n) is 4.13. The molecule has 2 N–H and O–H groups in total. The number of carbonyl (C=O) groups is 1. The van der Waals surface area contributed by atoms with Crippen LogP contribution in [0.25, 0.3) is 0 Å². The lowest BCUT2D eigenvalue weighted by atomic mass is 10.2. The zero-order valence-corrected chi connectivity index (χ0v) is 12.8. The maximum Gasteiger partial charge on any atom is 0.269 e. The Balaban J connectivity index is 1.86. The topological polar surface area (TPSA) is 114 Å². The highest BCUT2D eigenvalue weighted by Gasteiger charge is 2.19. The van der Waals surface area contributed by atoms with Crippen molar-refractivity contribution < 1.29 is 17.6 Å². The number of nitrogens with zero attached hydrogens (tertiary/aromatic N) is 2. The fourth-order valence-electron chi connectivity index (χ4n) is 1.51. The first-order valence-electron chi connectivity index (χ1n) is 6.10. The van der Waals surface area contributed by atoms with Crippen molar-refractivity contribution >= 4 is 32.4 Å². The molecule has 114 valence electrons. The summed E-state index contributed by atoms with van der Waals surface area (Å²) in [6, 6.07) is 3.61. The van der Waals surface area contributed by atoms with Crippen LogP contribution in [0.2, 0.25) is 0 Å². The van der Waals surface area contributed by atoms with Gasteiger partial charge in [-0.2, -0.15) is 0 Å². The first-order valence-corrected chi connectivity index (χ1v) is 8.40. The Bertz CT molecular complexity index is 694. The number of rotatable bonds is 7. The number of furan rings is 1. The third kappa shape index (κ3) is 4.62. The van der Waals surface area contributed by atoms with Gasteiger partial charge in [0.05, 0.1) is 6.26 Å². The first kappa shape index (κ1) is 15.6. The maximum absolute atomic E-state index is 12.0. The molecule has 0 saturated heterocycles. The number of carbonyl (C=O) groups excluding carboxylic acids is 1. The van der Waals surface area contributed by atoms with Crippen molar-refractivity contribution in [2.75, 3.05) is 11.9 Å². The summed E-state index contributed by atoms with van der Waals surface area (Å²) in [6.45, 7) is 1.57. The van der Waals surface area contributed by atoms with Gasteiger partial charge in [-0.1, -0.05) is 11.3 Å². The number of anilines is 1. The van der Waals surface area contributed by atoms with Gasteiger partial charge in [-0.25, -0.2) is 13.1 Å². The van der Waals surface area contributed by atoms with Crippen LogP contribution in [0.15, 0.2) is 27.2 Å². The highest BCUT2D eigenvalue weighted by Crippen LogP contribution is 2.19. The minimum Gasteiger partial charge on any atom is -0.469 e. The monoisotopic (exact) mass is 330 g/mol. The number of aryl methyl sites for hydroxylation is 1. The van der Waals surface area contributed by atoms with E-state index in [4.69, 9.17) is 4.42 Å². The molecule has 21 heavy (non-hydrogen) atoms. The Morgan fingerprint density at radius 2 is 2.24 bits per heavy atom. The van der Waals surface area contributed by atoms with Gasteiger partial charge in [-0.3, -0.25) is 4.79 Å². The molecule has 2 heterocycles. The highest BCUT2D eigenvalue weighted by atomic mass is 32.2. The van der Waals surface area contributed by atoms with E-state index in [1.54, 1.807) is 12.3 Å². The minimum absolute atomic E-state index is 0.151. The molecule has 1 amide bonds. The summed E-state index contributed by atoms with van der Waals surface area (Å²) in [5.74, 6) is 0.472. The van der Waals surface area contributed by atoms with Crippen LogP contribution in [0.3, 0.4) is 0 Å². The van der Waals surface area contributed by atoms with Gasteiger partial charge in [0, 0.05) is 19.9 Å². The lowest BCUT2D eigenvalue weighted by molar-refractivity contribution is -0.114. The quantitative estimate of drug-likeness (QED) is 0.578. The third-order valence-corrected chi connectivity index (χ3v) is 5.06. The van der Waals surface area contributed by atoms with Gasteiger partial charge in [0.2, 0.25) is 15.4 Å². The van der Waals surface area contributed by atoms with E-state index < -0.39 is 10.0 Å². The molecule has 0 unspecified atom stereocenters. The molecule has 0 aliphatic carbocycles. The van der Waals surface area contributed by atoms with Crippen LogP contribution >= 0.6 is 11.3 Å². The van der Waals surface area contributed by atoms with Crippen molar-refractivity contribution in [2.45, 2.75) is 24.1 Å². The van der Waals surface area contributed by atoms with Crippen molar-refractivity contribution in [2.24, 2.45) is 0 Å². The smallest absolute Gasteiger partial charge is 0.269 e. The van der Waals surface area contributed by atoms with Crippen molar-refractivity contribution in [3.63, 3.8) is 0 Å². The molecule has 0 aromatic carbocycles. The van der Waals surface area contributed by atoms with Crippen LogP contribution in [0, 0.1) is 0 Å². The number of amides is 1. The fourth-order valence-corrected chi connectivity index (χ4v) is 3.57. The molecule has 0 aliphatic rings. The number of hydrogen-bond acceptors (Lipinski definition) is 7. The maximum atomic E-state index is 12.0. The van der Waals surface area contributed by atoms with E-state index in [2.05, 4.69) is 20.2 Å². The molecule has 0 aliphatic heterocycles. The van der Waals surface area contributed by atoms with E-state index in [0.29, 0.717) is 12.8 Å². The van der Waals surface area contributed by atoms with Crippen LogP contribution in [0.5, 0.6) is 0 Å². The van der Waals surface area contributed by atoms with E-state index in [1.807, 2.05) is 6.07 Å². The largest absolute Gasteiger partial charge is 0.469 e. The van der Waals surface area contributed by atoms with Crippen LogP contribution in [0.4, 0.5) is 5.13 Å². The Kier molecular flexibility index (Phi) is 5.04. The van der Waals surface area contributed by atoms with Gasteiger partial charge >= 0.3 is 0 Å². The average Bonchev–Trinajstić information content (AvgIpc) is 3.05. The average molecular weight is 330 g/mol. The van der Waals surface area contributed by atoms with Crippen molar-refractivity contribution in [3.8, 4) is 0 Å². The lowest BCUT2D eigenvalue weighted by Gasteiger charge is -2.02. The van der Waals surface area contributed by atoms with Crippen LogP contribution < -0.4 is 10.0 Å². The van der Waals surface area contributed by atoms with Gasteiger partial charge in [0.25, 0.3) is 10.0 Å². The molecular weight excluding hydrogens is 316 g/mol. The Morgan fingerprint density at radius 1 is 1.43 bits per heavy atom. The molecule has 0 bridgehead atoms. The molecule has 0 fully saturated rings. The molecule has 0 radical (unpaired) electrons. The molecule has 10 heteroatoms. The van der Waals surface area contributed by atoms with Crippen LogP contribution in [-0.4, -0.2) is 31.1 Å². The lowest BCUT2D eigenvalue weighted by Crippen LogP contribution is -2.25. The molecule has 0 atom stereocenters. The zero-order valence-electron chi connectivity index (χ0n) is 11.2. The summed E-state index contributed by atoms with van der Waals surface area (Å²) in [6.07, 6.45) is 2.82. The Morgan fingerprint density at radius 3 is 2.90 bits per heavy atom. The molecule has 8 nitrogen and oxygen atoms in total. The molecule has 0 saturated carbocycles. The number of hydrogen-bond donors (Lipinski definition) is 2. The standard InChI is InChI=1S/C11H14N4O4S2/c1-8(16)13-10-14-15-11(20-10)21(17,18)12-6-2-4-9-5-3-7-19-9/h3,5,7,12H,2,4,6H2,1H3,(H,13,14,16). The molecule has 2 aromatic rings. The molecule has 0 spiro atoms. The Hall–Kier alpha value is -1.78. The first-order chi connectivity index (χ1) is 9.97.